The number of thioether (sulfide) groups is 1. The first-order valence-electron chi connectivity index (χ1n) is 4.73. The third kappa shape index (κ3) is 3.23. The number of aryl methyl sites for hydroxylation is 1. The molecule has 0 aliphatic carbocycles. The second-order valence-corrected chi connectivity index (χ2v) is 4.92. The van der Waals surface area contributed by atoms with Crippen molar-refractivity contribution in [3.63, 3.8) is 0 Å². The summed E-state index contributed by atoms with van der Waals surface area (Å²) in [6, 6.07) is 3.32. The molecule has 94 valence electrons. The lowest BCUT2D eigenvalue weighted by molar-refractivity contribution is -0.131. The van der Waals surface area contributed by atoms with Crippen molar-refractivity contribution < 1.29 is 18.7 Å². The van der Waals surface area contributed by atoms with Crippen LogP contribution in [0.25, 0.3) is 6.08 Å². The van der Waals surface area contributed by atoms with Gasteiger partial charge >= 0.3 is 5.97 Å². The van der Waals surface area contributed by atoms with Gasteiger partial charge < -0.3 is 13.9 Å². The Hall–Kier alpha value is -1.54. The zero-order valence-corrected chi connectivity index (χ0v) is 11.5. The molecule has 6 nitrogen and oxygen atoms in total. The summed E-state index contributed by atoms with van der Waals surface area (Å²) in [4.78, 5) is 11.1. The first-order chi connectivity index (χ1) is 8.54. The van der Waals surface area contributed by atoms with Gasteiger partial charge in [0.1, 0.15) is 10.7 Å². The predicted molar refractivity (Wildman–Crippen MR) is 66.9 cm³/mol. The molecule has 0 aromatic carbocycles. The van der Waals surface area contributed by atoms with Gasteiger partial charge in [-0.15, -0.1) is 10.2 Å². The van der Waals surface area contributed by atoms with E-state index >= 15 is 0 Å². The van der Waals surface area contributed by atoms with Crippen LogP contribution < -0.4 is 0 Å². The number of hydrogen-bond acceptors (Lipinski definition) is 6. The Balaban J connectivity index is 2.23. The third-order valence-electron chi connectivity index (χ3n) is 1.78. The van der Waals surface area contributed by atoms with E-state index in [4.69, 9.17) is 13.9 Å². The van der Waals surface area contributed by atoms with E-state index in [0.717, 1.165) is 11.8 Å². The van der Waals surface area contributed by atoms with Crippen molar-refractivity contribution in [2.45, 2.75) is 12.1 Å². The number of nitrogens with zero attached hydrogens (tertiary/aromatic N) is 2. The number of furan rings is 1. The summed E-state index contributed by atoms with van der Waals surface area (Å²) in [6.45, 7) is 1.63. The SMILES string of the molecule is Cc1nnc(S/C(=C\c2ccc(Br)o2)C(=O)O)o1. The Kier molecular flexibility index (Phi) is 3.87. The number of carboxylic acids is 1. The van der Waals surface area contributed by atoms with Gasteiger partial charge in [-0.1, -0.05) is 0 Å². The number of aromatic nitrogens is 2. The average molecular weight is 331 g/mol. The van der Waals surface area contributed by atoms with E-state index < -0.39 is 5.97 Å². The summed E-state index contributed by atoms with van der Waals surface area (Å²) in [5, 5.41) is 16.6. The summed E-state index contributed by atoms with van der Waals surface area (Å²) in [5.74, 6) is -0.297. The number of carbonyl (C=O) groups is 1. The molecule has 0 unspecified atom stereocenters. The Morgan fingerprint density at radius 2 is 2.22 bits per heavy atom. The Morgan fingerprint density at radius 1 is 1.44 bits per heavy atom. The standard InChI is InChI=1S/C10H7BrN2O4S/c1-5-12-13-10(16-5)18-7(9(14)15)4-6-2-3-8(11)17-6/h2-4H,1H3,(H,14,15)/b7-4-. The number of carboxylic acid groups (broad SMARTS) is 1. The van der Waals surface area contributed by atoms with Crippen LogP contribution in [0, 0.1) is 6.92 Å². The van der Waals surface area contributed by atoms with Crippen LogP contribution in [-0.2, 0) is 4.79 Å². The predicted octanol–water partition coefficient (Wildman–Crippen LogP) is 2.95. The minimum Gasteiger partial charge on any atom is -0.477 e. The monoisotopic (exact) mass is 330 g/mol. The maximum Gasteiger partial charge on any atom is 0.342 e. The number of rotatable bonds is 4. The van der Waals surface area contributed by atoms with Crippen LogP contribution in [0.3, 0.4) is 0 Å². The topological polar surface area (TPSA) is 89.4 Å². The lowest BCUT2D eigenvalue weighted by atomic mass is 10.4. The van der Waals surface area contributed by atoms with Gasteiger partial charge in [0.2, 0.25) is 5.89 Å². The molecule has 0 atom stereocenters. The first kappa shape index (κ1) is 12.9. The molecule has 0 aliphatic rings. The van der Waals surface area contributed by atoms with Crippen LogP contribution in [0.4, 0.5) is 0 Å². The van der Waals surface area contributed by atoms with E-state index in [0.29, 0.717) is 16.3 Å². The van der Waals surface area contributed by atoms with Crippen LogP contribution in [0.15, 0.2) is 35.8 Å². The molecule has 0 aliphatic heterocycles. The van der Waals surface area contributed by atoms with E-state index in [2.05, 4.69) is 26.1 Å². The van der Waals surface area contributed by atoms with E-state index in [9.17, 15) is 4.79 Å². The fourth-order valence-corrected chi connectivity index (χ4v) is 2.10. The molecule has 0 amide bonds. The lowest BCUT2D eigenvalue weighted by Gasteiger charge is -1.96. The molecule has 8 heteroatoms. The van der Waals surface area contributed by atoms with E-state index in [1.54, 1.807) is 19.1 Å². The molecule has 2 aromatic rings. The maximum absolute atomic E-state index is 11.1. The minimum absolute atomic E-state index is 0.0282. The van der Waals surface area contributed by atoms with Crippen LogP contribution in [-0.4, -0.2) is 21.3 Å². The van der Waals surface area contributed by atoms with Crippen molar-refractivity contribution in [2.24, 2.45) is 0 Å². The number of aliphatic carboxylic acids is 1. The molecule has 2 heterocycles. The van der Waals surface area contributed by atoms with E-state index in [-0.39, 0.29) is 10.1 Å². The van der Waals surface area contributed by atoms with Crippen molar-refractivity contribution in [3.8, 4) is 0 Å². The fourth-order valence-electron chi connectivity index (χ4n) is 1.08. The normalized spacial score (nSPS) is 11.8. The van der Waals surface area contributed by atoms with Crippen molar-refractivity contribution in [1.82, 2.24) is 10.2 Å². The molecule has 1 N–H and O–H groups in total. The smallest absolute Gasteiger partial charge is 0.342 e. The van der Waals surface area contributed by atoms with Crippen LogP contribution in [0.5, 0.6) is 0 Å². The van der Waals surface area contributed by atoms with Gasteiger partial charge in [-0.2, -0.15) is 0 Å². The van der Waals surface area contributed by atoms with Crippen LogP contribution in [0.1, 0.15) is 11.7 Å². The third-order valence-corrected chi connectivity index (χ3v) is 3.06. The number of hydrogen-bond donors (Lipinski definition) is 1. The molecule has 0 saturated heterocycles. The lowest BCUT2D eigenvalue weighted by Crippen LogP contribution is -1.96. The van der Waals surface area contributed by atoms with Crippen LogP contribution in [0.2, 0.25) is 0 Å². The van der Waals surface area contributed by atoms with Gasteiger partial charge in [-0.3, -0.25) is 0 Å². The van der Waals surface area contributed by atoms with Gasteiger partial charge in [0, 0.05) is 13.0 Å². The Bertz CT molecular complexity index is 605. The molecule has 0 spiro atoms. The number of halogens is 1. The summed E-state index contributed by atoms with van der Waals surface area (Å²) in [5.41, 5.74) is 0. The second-order valence-electron chi connectivity index (χ2n) is 3.14. The molecular formula is C10H7BrN2O4S. The molecule has 0 saturated carbocycles. The molecular weight excluding hydrogens is 324 g/mol. The fraction of sp³-hybridized carbons (Fsp3) is 0.100. The highest BCUT2D eigenvalue weighted by Gasteiger charge is 2.15. The molecule has 18 heavy (non-hydrogen) atoms. The second kappa shape index (κ2) is 5.40. The Labute approximate surface area is 114 Å². The summed E-state index contributed by atoms with van der Waals surface area (Å²) in [7, 11) is 0. The van der Waals surface area contributed by atoms with Gasteiger partial charge in [0.15, 0.2) is 4.67 Å². The average Bonchev–Trinajstić information content (AvgIpc) is 2.87. The molecule has 0 bridgehead atoms. The van der Waals surface area contributed by atoms with Gasteiger partial charge in [-0.25, -0.2) is 4.79 Å². The Morgan fingerprint density at radius 3 is 2.72 bits per heavy atom. The molecule has 0 fully saturated rings. The summed E-state index contributed by atoms with van der Waals surface area (Å²) < 4.78 is 10.8. The van der Waals surface area contributed by atoms with Crippen molar-refractivity contribution in [3.05, 3.63) is 33.4 Å². The van der Waals surface area contributed by atoms with Gasteiger partial charge in [0.25, 0.3) is 5.22 Å². The molecule has 2 rings (SSSR count). The van der Waals surface area contributed by atoms with Crippen LogP contribution >= 0.6 is 27.7 Å². The van der Waals surface area contributed by atoms with Gasteiger partial charge in [0.05, 0.1) is 0 Å². The molecule has 2 aromatic heterocycles. The van der Waals surface area contributed by atoms with Gasteiger partial charge in [-0.05, 0) is 39.8 Å². The maximum atomic E-state index is 11.1. The summed E-state index contributed by atoms with van der Waals surface area (Å²) in [6.07, 6.45) is 1.39. The largest absolute Gasteiger partial charge is 0.477 e. The minimum atomic E-state index is -1.09. The van der Waals surface area contributed by atoms with E-state index in [1.807, 2.05) is 0 Å². The van der Waals surface area contributed by atoms with Crippen molar-refractivity contribution in [2.75, 3.05) is 0 Å². The quantitative estimate of drug-likeness (QED) is 0.680. The zero-order valence-electron chi connectivity index (χ0n) is 9.08. The van der Waals surface area contributed by atoms with Crippen molar-refractivity contribution >= 4 is 39.7 Å². The van der Waals surface area contributed by atoms with Crippen molar-refractivity contribution in [1.29, 1.82) is 0 Å². The first-order valence-corrected chi connectivity index (χ1v) is 6.34. The van der Waals surface area contributed by atoms with E-state index in [1.165, 1.54) is 6.08 Å². The molecule has 0 radical (unpaired) electrons. The summed E-state index contributed by atoms with van der Waals surface area (Å²) >= 11 is 4.01. The zero-order chi connectivity index (χ0) is 13.1. The highest BCUT2D eigenvalue weighted by atomic mass is 79.9. The highest BCUT2D eigenvalue weighted by Crippen LogP contribution is 2.28. The highest BCUT2D eigenvalue weighted by molar-refractivity contribution is 9.10.